The lowest BCUT2D eigenvalue weighted by atomic mass is 9.84. The van der Waals surface area contributed by atoms with E-state index < -0.39 is 6.04 Å². The van der Waals surface area contributed by atoms with Crippen molar-refractivity contribution in [2.24, 2.45) is 7.05 Å². The quantitative estimate of drug-likeness (QED) is 0.656. The summed E-state index contributed by atoms with van der Waals surface area (Å²) in [5.41, 5.74) is 2.72. The Labute approximate surface area is 170 Å². The summed E-state index contributed by atoms with van der Waals surface area (Å²) in [7, 11) is 1.88. The predicted molar refractivity (Wildman–Crippen MR) is 111 cm³/mol. The van der Waals surface area contributed by atoms with Gasteiger partial charge in [-0.15, -0.1) is 0 Å². The van der Waals surface area contributed by atoms with Crippen LogP contribution in [0.25, 0.3) is 0 Å². The summed E-state index contributed by atoms with van der Waals surface area (Å²) in [5.74, 6) is 0.832. The molecule has 1 fully saturated rings. The van der Waals surface area contributed by atoms with Crippen LogP contribution in [0.3, 0.4) is 0 Å². The van der Waals surface area contributed by atoms with E-state index in [1.165, 1.54) is 49.8 Å². The van der Waals surface area contributed by atoms with E-state index in [0.29, 0.717) is 17.3 Å². The third kappa shape index (κ3) is 4.39. The van der Waals surface area contributed by atoms with Gasteiger partial charge in [-0.1, -0.05) is 43.5 Å². The maximum atomic E-state index is 13.4. The summed E-state index contributed by atoms with van der Waals surface area (Å²) in [6, 6.07) is 13.7. The van der Waals surface area contributed by atoms with Gasteiger partial charge in [-0.2, -0.15) is 0 Å². The third-order valence-electron chi connectivity index (χ3n) is 5.84. The molecule has 0 bridgehead atoms. The summed E-state index contributed by atoms with van der Waals surface area (Å²) in [5, 5.41) is 3.07. The molecule has 0 saturated heterocycles. The van der Waals surface area contributed by atoms with Gasteiger partial charge in [0.25, 0.3) is 5.91 Å². The molecular weight excluding hydrogens is 365 g/mol. The van der Waals surface area contributed by atoms with Gasteiger partial charge in [0.15, 0.2) is 0 Å². The Morgan fingerprint density at radius 2 is 1.76 bits per heavy atom. The molecule has 3 aromatic rings. The minimum Gasteiger partial charge on any atom is -0.338 e. The predicted octanol–water partition coefficient (Wildman–Crippen LogP) is 5.13. The van der Waals surface area contributed by atoms with Crippen LogP contribution in [-0.4, -0.2) is 15.5 Å². The Hall–Kier alpha value is -2.95. The van der Waals surface area contributed by atoms with Crippen molar-refractivity contribution in [3.05, 3.63) is 89.3 Å². The lowest BCUT2D eigenvalue weighted by Crippen LogP contribution is -2.31. The topological polar surface area (TPSA) is 46.9 Å². The van der Waals surface area contributed by atoms with Gasteiger partial charge < -0.3 is 9.88 Å². The highest BCUT2D eigenvalue weighted by Gasteiger charge is 2.22. The molecule has 4 rings (SSSR count). The Kier molecular flexibility index (Phi) is 5.74. The van der Waals surface area contributed by atoms with Crippen molar-refractivity contribution in [1.82, 2.24) is 14.9 Å². The standard InChI is InChI=1S/C24H26FN3O/c1-28-16-15-26-23(28)22(19-11-13-21(25)14-12-19)27-24(29)20-9-7-18(8-10-20)17-5-3-2-4-6-17/h7-17,22H,2-6H2,1H3,(H,27,29)/t22-/m1/s1. The first-order valence-corrected chi connectivity index (χ1v) is 10.3. The molecule has 4 nitrogen and oxygen atoms in total. The van der Waals surface area contributed by atoms with Gasteiger partial charge in [0, 0.05) is 25.0 Å². The minimum atomic E-state index is -0.457. The number of aromatic nitrogens is 2. The molecule has 2 aromatic carbocycles. The molecule has 5 heteroatoms. The first-order valence-electron chi connectivity index (χ1n) is 10.3. The Balaban J connectivity index is 1.55. The van der Waals surface area contributed by atoms with Crippen molar-refractivity contribution in [2.75, 3.05) is 0 Å². The van der Waals surface area contributed by atoms with E-state index in [0.717, 1.165) is 5.56 Å². The van der Waals surface area contributed by atoms with E-state index in [-0.39, 0.29) is 11.7 Å². The fraction of sp³-hybridized carbons (Fsp3) is 0.333. The van der Waals surface area contributed by atoms with Crippen LogP contribution in [0.5, 0.6) is 0 Å². The Bertz CT molecular complexity index is 957. The SMILES string of the molecule is Cn1ccnc1[C@H](NC(=O)c1ccc(C2CCCCC2)cc1)c1ccc(F)cc1. The number of nitrogens with one attached hydrogen (secondary N) is 1. The van der Waals surface area contributed by atoms with Crippen molar-refractivity contribution in [3.63, 3.8) is 0 Å². The second-order valence-corrected chi connectivity index (χ2v) is 7.81. The van der Waals surface area contributed by atoms with E-state index in [1.807, 2.05) is 29.9 Å². The number of halogens is 1. The van der Waals surface area contributed by atoms with E-state index in [2.05, 4.69) is 22.4 Å². The van der Waals surface area contributed by atoms with Gasteiger partial charge in [0.2, 0.25) is 0 Å². The first-order chi connectivity index (χ1) is 14.1. The monoisotopic (exact) mass is 391 g/mol. The fourth-order valence-electron chi connectivity index (χ4n) is 4.16. The highest BCUT2D eigenvalue weighted by Crippen LogP contribution is 2.32. The summed E-state index contributed by atoms with van der Waals surface area (Å²) < 4.78 is 15.2. The number of rotatable bonds is 5. The van der Waals surface area contributed by atoms with Gasteiger partial charge in [-0.25, -0.2) is 9.37 Å². The zero-order chi connectivity index (χ0) is 20.2. The molecule has 0 radical (unpaired) electrons. The lowest BCUT2D eigenvalue weighted by molar-refractivity contribution is 0.0941. The molecule has 150 valence electrons. The maximum Gasteiger partial charge on any atom is 0.252 e. The molecule has 0 aliphatic heterocycles. The van der Waals surface area contributed by atoms with Gasteiger partial charge in [0.05, 0.1) is 0 Å². The number of amides is 1. The maximum absolute atomic E-state index is 13.4. The number of nitrogens with zero attached hydrogens (tertiary/aromatic N) is 2. The second-order valence-electron chi connectivity index (χ2n) is 7.81. The first kappa shape index (κ1) is 19.4. The zero-order valence-electron chi connectivity index (χ0n) is 16.6. The van der Waals surface area contributed by atoms with Crippen LogP contribution >= 0.6 is 0 Å². The number of carbonyl (C=O) groups excluding carboxylic acids is 1. The summed E-state index contributed by atoms with van der Waals surface area (Å²) in [6.07, 6.45) is 9.89. The van der Waals surface area contributed by atoms with Crippen LogP contribution < -0.4 is 5.32 Å². The van der Waals surface area contributed by atoms with Gasteiger partial charge in [0.1, 0.15) is 17.7 Å². The molecule has 0 unspecified atom stereocenters. The normalized spacial score (nSPS) is 15.8. The molecule has 29 heavy (non-hydrogen) atoms. The number of carbonyl (C=O) groups is 1. The van der Waals surface area contributed by atoms with Crippen molar-refractivity contribution >= 4 is 5.91 Å². The van der Waals surface area contributed by atoms with Gasteiger partial charge in [-0.05, 0) is 54.2 Å². The van der Waals surface area contributed by atoms with Crippen LogP contribution in [0.15, 0.2) is 60.9 Å². The molecule has 1 aromatic heterocycles. The number of hydrogen-bond donors (Lipinski definition) is 1. The molecule has 1 aliphatic carbocycles. The van der Waals surface area contributed by atoms with E-state index in [1.54, 1.807) is 18.3 Å². The van der Waals surface area contributed by atoms with Crippen LogP contribution in [0, 0.1) is 5.82 Å². The average Bonchev–Trinajstić information content (AvgIpc) is 3.19. The zero-order valence-corrected chi connectivity index (χ0v) is 16.6. The number of aryl methyl sites for hydroxylation is 1. The Morgan fingerprint density at radius 3 is 2.38 bits per heavy atom. The third-order valence-corrected chi connectivity index (χ3v) is 5.84. The minimum absolute atomic E-state index is 0.169. The highest BCUT2D eigenvalue weighted by atomic mass is 19.1. The summed E-state index contributed by atoms with van der Waals surface area (Å²) >= 11 is 0. The molecule has 1 N–H and O–H groups in total. The highest BCUT2D eigenvalue weighted by molar-refractivity contribution is 5.94. The molecule has 1 atom stereocenters. The lowest BCUT2D eigenvalue weighted by Gasteiger charge is -2.22. The molecule has 0 spiro atoms. The van der Waals surface area contributed by atoms with Crippen molar-refractivity contribution in [2.45, 2.75) is 44.1 Å². The molecule has 1 saturated carbocycles. The number of hydrogen-bond acceptors (Lipinski definition) is 2. The van der Waals surface area contributed by atoms with E-state index in [9.17, 15) is 9.18 Å². The van der Waals surface area contributed by atoms with Crippen molar-refractivity contribution in [3.8, 4) is 0 Å². The molecule has 1 aliphatic rings. The smallest absolute Gasteiger partial charge is 0.252 e. The molecule has 1 amide bonds. The molecule has 1 heterocycles. The van der Waals surface area contributed by atoms with Crippen molar-refractivity contribution < 1.29 is 9.18 Å². The summed E-state index contributed by atoms with van der Waals surface area (Å²) in [4.78, 5) is 17.4. The molecular formula is C24H26FN3O. The largest absolute Gasteiger partial charge is 0.338 e. The van der Waals surface area contributed by atoms with Gasteiger partial charge >= 0.3 is 0 Å². The van der Waals surface area contributed by atoms with Crippen LogP contribution in [0.4, 0.5) is 4.39 Å². The summed E-state index contributed by atoms with van der Waals surface area (Å²) in [6.45, 7) is 0. The van der Waals surface area contributed by atoms with Gasteiger partial charge in [-0.3, -0.25) is 4.79 Å². The second kappa shape index (κ2) is 8.60. The van der Waals surface area contributed by atoms with Crippen LogP contribution in [-0.2, 0) is 7.05 Å². The fourth-order valence-corrected chi connectivity index (χ4v) is 4.16. The van der Waals surface area contributed by atoms with Crippen LogP contribution in [0.2, 0.25) is 0 Å². The van der Waals surface area contributed by atoms with E-state index >= 15 is 0 Å². The van der Waals surface area contributed by atoms with Crippen LogP contribution in [0.1, 0.15) is 71.4 Å². The number of imidazole rings is 1. The Morgan fingerprint density at radius 1 is 1.07 bits per heavy atom. The number of benzene rings is 2. The average molecular weight is 391 g/mol. The van der Waals surface area contributed by atoms with Crippen molar-refractivity contribution in [1.29, 1.82) is 0 Å². The van der Waals surface area contributed by atoms with E-state index in [4.69, 9.17) is 0 Å².